The minimum absolute atomic E-state index is 0.209. The van der Waals surface area contributed by atoms with Crippen molar-refractivity contribution in [1.29, 1.82) is 0 Å². The Labute approximate surface area is 123 Å². The van der Waals surface area contributed by atoms with Gasteiger partial charge in [-0.3, -0.25) is 4.79 Å². The maximum atomic E-state index is 11.2. The van der Waals surface area contributed by atoms with Crippen LogP contribution in [0, 0.1) is 17.8 Å². The first kappa shape index (κ1) is 15.7. The molecule has 1 aliphatic heterocycles. The number of aliphatic hydroxyl groups is 1. The summed E-state index contributed by atoms with van der Waals surface area (Å²) in [6, 6.07) is 0.271. The van der Waals surface area contributed by atoms with E-state index in [4.69, 9.17) is 0 Å². The summed E-state index contributed by atoms with van der Waals surface area (Å²) in [5.74, 6) is 1.33. The van der Waals surface area contributed by atoms with Gasteiger partial charge in [-0.1, -0.05) is 25.8 Å². The molecule has 2 rings (SSSR count). The number of aliphatic hydroxyl groups excluding tert-OH is 1. The fourth-order valence-corrected chi connectivity index (χ4v) is 3.99. The van der Waals surface area contributed by atoms with E-state index in [-0.39, 0.29) is 24.0 Å². The van der Waals surface area contributed by atoms with E-state index in [0.717, 1.165) is 31.6 Å². The topological polar surface area (TPSA) is 40.5 Å². The standard InChI is InChI=1S/C17H29NO2/c1-12(11-19)15(8-7-14-5-4-6-14)17-16(13(2)20)9-10-18(17)3/h11,13-17,20H,1,4-10H2,2-3H3/t13?,15?,16-,17?/m1/s1. The molecule has 20 heavy (non-hydrogen) atoms. The number of nitrogens with zero attached hydrogens (tertiary/aromatic N) is 1. The van der Waals surface area contributed by atoms with E-state index in [0.29, 0.717) is 5.57 Å². The number of likely N-dealkylation sites (tertiary alicyclic amines) is 1. The van der Waals surface area contributed by atoms with E-state index in [1.54, 1.807) is 0 Å². The summed E-state index contributed by atoms with van der Waals surface area (Å²) in [5, 5.41) is 10.0. The molecule has 114 valence electrons. The third-order valence-corrected chi connectivity index (χ3v) is 5.53. The van der Waals surface area contributed by atoms with Crippen LogP contribution < -0.4 is 0 Å². The summed E-state index contributed by atoms with van der Waals surface area (Å²) in [5.41, 5.74) is 0.716. The highest BCUT2D eigenvalue weighted by Crippen LogP contribution is 2.39. The Hall–Kier alpha value is -0.670. The summed E-state index contributed by atoms with van der Waals surface area (Å²) in [6.07, 6.45) is 7.94. The highest BCUT2D eigenvalue weighted by molar-refractivity contribution is 5.73. The molecule has 1 N–H and O–H groups in total. The van der Waals surface area contributed by atoms with Crippen LogP contribution in [0.25, 0.3) is 0 Å². The Morgan fingerprint density at radius 3 is 2.65 bits per heavy atom. The maximum absolute atomic E-state index is 11.2. The van der Waals surface area contributed by atoms with Crippen LogP contribution in [0.15, 0.2) is 12.2 Å². The second kappa shape index (κ2) is 6.86. The molecule has 0 radical (unpaired) electrons. The molecule has 1 aliphatic carbocycles. The van der Waals surface area contributed by atoms with Gasteiger partial charge in [-0.25, -0.2) is 0 Å². The van der Waals surface area contributed by atoms with Crippen molar-refractivity contribution in [3.8, 4) is 0 Å². The van der Waals surface area contributed by atoms with Crippen LogP contribution in [0.5, 0.6) is 0 Å². The molecule has 3 nitrogen and oxygen atoms in total. The lowest BCUT2D eigenvalue weighted by Crippen LogP contribution is -2.41. The smallest absolute Gasteiger partial charge is 0.145 e. The number of hydrogen-bond acceptors (Lipinski definition) is 3. The third-order valence-electron chi connectivity index (χ3n) is 5.53. The van der Waals surface area contributed by atoms with E-state index in [1.165, 1.54) is 25.7 Å². The Morgan fingerprint density at radius 2 is 2.15 bits per heavy atom. The van der Waals surface area contributed by atoms with Crippen LogP contribution in [0.1, 0.15) is 45.4 Å². The molecule has 3 unspecified atom stereocenters. The zero-order chi connectivity index (χ0) is 14.7. The van der Waals surface area contributed by atoms with Gasteiger partial charge < -0.3 is 10.0 Å². The van der Waals surface area contributed by atoms with Crippen molar-refractivity contribution in [3.63, 3.8) is 0 Å². The van der Waals surface area contributed by atoms with Crippen LogP contribution in [0.2, 0.25) is 0 Å². The van der Waals surface area contributed by atoms with Gasteiger partial charge in [0.05, 0.1) is 6.10 Å². The van der Waals surface area contributed by atoms with Crippen molar-refractivity contribution in [2.75, 3.05) is 13.6 Å². The number of aldehydes is 1. The van der Waals surface area contributed by atoms with Gasteiger partial charge in [-0.15, -0.1) is 0 Å². The number of rotatable bonds is 7. The molecule has 0 aromatic rings. The molecule has 2 aliphatic rings. The summed E-state index contributed by atoms with van der Waals surface area (Å²) in [4.78, 5) is 13.6. The summed E-state index contributed by atoms with van der Waals surface area (Å²) in [6.45, 7) is 6.88. The molecular formula is C17H29NO2. The first-order valence-electron chi connectivity index (χ1n) is 8.07. The zero-order valence-corrected chi connectivity index (χ0v) is 12.9. The molecule has 3 heteroatoms. The number of carbonyl (C=O) groups is 1. The van der Waals surface area contributed by atoms with Gasteiger partial charge in [-0.05, 0) is 51.3 Å². The van der Waals surface area contributed by atoms with Gasteiger partial charge in [0, 0.05) is 17.9 Å². The van der Waals surface area contributed by atoms with Crippen LogP contribution in [-0.2, 0) is 4.79 Å². The molecule has 0 spiro atoms. The van der Waals surface area contributed by atoms with E-state index in [1.807, 2.05) is 6.92 Å². The fourth-order valence-electron chi connectivity index (χ4n) is 3.99. The van der Waals surface area contributed by atoms with Crippen LogP contribution >= 0.6 is 0 Å². The normalized spacial score (nSPS) is 30.8. The van der Waals surface area contributed by atoms with Gasteiger partial charge in [0.1, 0.15) is 6.29 Å². The Kier molecular flexibility index (Phi) is 5.39. The molecule has 1 saturated carbocycles. The van der Waals surface area contributed by atoms with Crippen LogP contribution in [0.4, 0.5) is 0 Å². The van der Waals surface area contributed by atoms with Crippen LogP contribution in [0.3, 0.4) is 0 Å². The quantitative estimate of drug-likeness (QED) is 0.575. The van der Waals surface area contributed by atoms with Crippen molar-refractivity contribution in [2.45, 2.75) is 57.6 Å². The average molecular weight is 279 g/mol. The van der Waals surface area contributed by atoms with Crippen molar-refractivity contribution in [3.05, 3.63) is 12.2 Å². The zero-order valence-electron chi connectivity index (χ0n) is 12.9. The van der Waals surface area contributed by atoms with Gasteiger partial charge in [0.15, 0.2) is 0 Å². The first-order chi connectivity index (χ1) is 9.54. The summed E-state index contributed by atoms with van der Waals surface area (Å²) < 4.78 is 0. The maximum Gasteiger partial charge on any atom is 0.145 e. The molecule has 1 heterocycles. The second-order valence-electron chi connectivity index (χ2n) is 6.84. The molecule has 0 aromatic carbocycles. The number of hydrogen-bond donors (Lipinski definition) is 1. The Bertz CT molecular complexity index is 349. The Balaban J connectivity index is 2.06. The Morgan fingerprint density at radius 1 is 1.45 bits per heavy atom. The second-order valence-corrected chi connectivity index (χ2v) is 6.84. The van der Waals surface area contributed by atoms with Crippen LogP contribution in [-0.4, -0.2) is 42.0 Å². The molecule has 0 amide bonds. The summed E-state index contributed by atoms with van der Waals surface area (Å²) in [7, 11) is 2.11. The molecule has 1 saturated heterocycles. The lowest BCUT2D eigenvalue weighted by atomic mass is 9.75. The van der Waals surface area contributed by atoms with Gasteiger partial charge in [0.25, 0.3) is 0 Å². The molecule has 2 fully saturated rings. The largest absolute Gasteiger partial charge is 0.393 e. The molecule has 4 atom stereocenters. The number of carbonyl (C=O) groups excluding carboxylic acids is 1. The lowest BCUT2D eigenvalue weighted by Gasteiger charge is -2.36. The molecule has 0 bridgehead atoms. The van der Waals surface area contributed by atoms with Crippen molar-refractivity contribution < 1.29 is 9.90 Å². The summed E-state index contributed by atoms with van der Waals surface area (Å²) >= 11 is 0. The highest BCUT2D eigenvalue weighted by Gasteiger charge is 2.40. The van der Waals surface area contributed by atoms with Crippen molar-refractivity contribution >= 4 is 6.29 Å². The molecule has 0 aromatic heterocycles. The minimum atomic E-state index is -0.310. The monoisotopic (exact) mass is 279 g/mol. The average Bonchev–Trinajstić information content (AvgIpc) is 2.74. The lowest BCUT2D eigenvalue weighted by molar-refractivity contribution is -0.105. The minimum Gasteiger partial charge on any atom is -0.393 e. The van der Waals surface area contributed by atoms with Crippen molar-refractivity contribution in [2.24, 2.45) is 17.8 Å². The fraction of sp³-hybridized carbons (Fsp3) is 0.824. The van der Waals surface area contributed by atoms with E-state index in [2.05, 4.69) is 18.5 Å². The van der Waals surface area contributed by atoms with Gasteiger partial charge in [-0.2, -0.15) is 0 Å². The van der Waals surface area contributed by atoms with E-state index >= 15 is 0 Å². The van der Waals surface area contributed by atoms with E-state index < -0.39 is 0 Å². The SMILES string of the molecule is C=C(C=O)C(CCC1CCC1)C1[C@@H](C(C)O)CCN1C. The first-order valence-corrected chi connectivity index (χ1v) is 8.07. The third kappa shape index (κ3) is 3.32. The predicted octanol–water partition coefficient (Wildman–Crippen LogP) is 2.64. The van der Waals surface area contributed by atoms with Crippen molar-refractivity contribution in [1.82, 2.24) is 4.90 Å². The highest BCUT2D eigenvalue weighted by atomic mass is 16.3. The molecular weight excluding hydrogens is 250 g/mol. The van der Waals surface area contributed by atoms with Gasteiger partial charge in [0.2, 0.25) is 0 Å². The predicted molar refractivity (Wildman–Crippen MR) is 81.5 cm³/mol. The van der Waals surface area contributed by atoms with E-state index in [9.17, 15) is 9.90 Å². The van der Waals surface area contributed by atoms with Gasteiger partial charge >= 0.3 is 0 Å².